The van der Waals surface area contributed by atoms with Crippen LogP contribution in [0.5, 0.6) is 5.75 Å². The number of nitrogens with two attached hydrogens (primary N) is 1. The quantitative estimate of drug-likeness (QED) is 0.661. The average molecular weight is 279 g/mol. The van der Waals surface area contributed by atoms with Gasteiger partial charge in [0.05, 0.1) is 12.0 Å². The fourth-order valence-corrected chi connectivity index (χ4v) is 2.34. The molecule has 1 fully saturated rings. The molecule has 1 aromatic rings. The molecule has 7 nitrogen and oxygen atoms in total. The van der Waals surface area contributed by atoms with Gasteiger partial charge < -0.3 is 15.4 Å². The van der Waals surface area contributed by atoms with Crippen LogP contribution in [0.4, 0.5) is 5.69 Å². The van der Waals surface area contributed by atoms with E-state index in [4.69, 9.17) is 10.5 Å². The Morgan fingerprint density at radius 1 is 1.55 bits per heavy atom. The van der Waals surface area contributed by atoms with E-state index in [-0.39, 0.29) is 28.9 Å². The van der Waals surface area contributed by atoms with Gasteiger partial charge >= 0.3 is 5.69 Å². The van der Waals surface area contributed by atoms with Crippen LogP contribution in [-0.4, -0.2) is 42.0 Å². The number of amides is 1. The van der Waals surface area contributed by atoms with E-state index in [1.54, 1.807) is 4.90 Å². The van der Waals surface area contributed by atoms with Crippen molar-refractivity contribution in [1.29, 1.82) is 0 Å². The standard InChI is InChI=1S/C13H17N3O4/c1-20-12-5-4-9(7-11(12)16(18)19)13(17)15-6-2-3-10(14)8-15/h4-5,7,10H,2-3,6,8,14H2,1H3/t10-/m1/s1. The van der Waals surface area contributed by atoms with Crippen LogP contribution in [0.2, 0.25) is 0 Å². The number of nitro groups is 1. The highest BCUT2D eigenvalue weighted by Gasteiger charge is 2.25. The predicted octanol–water partition coefficient (Wildman–Crippen LogP) is 1.17. The molecule has 0 saturated carbocycles. The smallest absolute Gasteiger partial charge is 0.311 e. The van der Waals surface area contributed by atoms with Crippen molar-refractivity contribution in [3.63, 3.8) is 0 Å². The molecule has 1 saturated heterocycles. The molecule has 1 amide bonds. The Morgan fingerprint density at radius 2 is 2.30 bits per heavy atom. The zero-order chi connectivity index (χ0) is 14.7. The monoisotopic (exact) mass is 279 g/mol. The van der Waals surface area contributed by atoms with Gasteiger partial charge in [-0.05, 0) is 25.0 Å². The Kier molecular flexibility index (Phi) is 4.19. The van der Waals surface area contributed by atoms with Crippen molar-refractivity contribution in [1.82, 2.24) is 4.90 Å². The molecule has 0 radical (unpaired) electrons. The van der Waals surface area contributed by atoms with Crippen molar-refractivity contribution in [2.75, 3.05) is 20.2 Å². The highest BCUT2D eigenvalue weighted by Crippen LogP contribution is 2.28. The molecule has 20 heavy (non-hydrogen) atoms. The van der Waals surface area contributed by atoms with E-state index >= 15 is 0 Å². The average Bonchev–Trinajstić information content (AvgIpc) is 2.45. The first-order chi connectivity index (χ1) is 9.52. The Balaban J connectivity index is 2.26. The molecular formula is C13H17N3O4. The number of benzene rings is 1. The summed E-state index contributed by atoms with van der Waals surface area (Å²) < 4.78 is 4.92. The highest BCUT2D eigenvalue weighted by molar-refractivity contribution is 5.95. The second kappa shape index (κ2) is 5.87. The summed E-state index contributed by atoms with van der Waals surface area (Å²) in [5, 5.41) is 11.0. The van der Waals surface area contributed by atoms with Crippen molar-refractivity contribution in [3.05, 3.63) is 33.9 Å². The topological polar surface area (TPSA) is 98.7 Å². The third kappa shape index (κ3) is 2.88. The van der Waals surface area contributed by atoms with Gasteiger partial charge in [0.1, 0.15) is 0 Å². The molecule has 7 heteroatoms. The van der Waals surface area contributed by atoms with Gasteiger partial charge in [0.15, 0.2) is 5.75 Å². The Morgan fingerprint density at radius 3 is 2.90 bits per heavy atom. The van der Waals surface area contributed by atoms with Gasteiger partial charge in [-0.25, -0.2) is 0 Å². The van der Waals surface area contributed by atoms with Crippen LogP contribution in [0, 0.1) is 10.1 Å². The molecule has 1 aromatic carbocycles. The Bertz CT molecular complexity index is 532. The SMILES string of the molecule is COc1ccc(C(=O)N2CCC[C@@H](N)C2)cc1[N+](=O)[O-]. The maximum absolute atomic E-state index is 12.3. The van der Waals surface area contributed by atoms with Crippen LogP contribution < -0.4 is 10.5 Å². The Hall–Kier alpha value is -2.15. The first kappa shape index (κ1) is 14.3. The minimum atomic E-state index is -0.558. The molecule has 2 N–H and O–H groups in total. The van der Waals surface area contributed by atoms with Crippen molar-refractivity contribution >= 4 is 11.6 Å². The van der Waals surface area contributed by atoms with E-state index in [0.717, 1.165) is 12.8 Å². The van der Waals surface area contributed by atoms with Crippen LogP contribution in [0.25, 0.3) is 0 Å². The first-order valence-corrected chi connectivity index (χ1v) is 6.40. The third-order valence-electron chi connectivity index (χ3n) is 3.37. The lowest BCUT2D eigenvalue weighted by atomic mass is 10.0. The number of carbonyl (C=O) groups is 1. The summed E-state index contributed by atoms with van der Waals surface area (Å²) in [6.07, 6.45) is 1.75. The van der Waals surface area contributed by atoms with Gasteiger partial charge in [-0.15, -0.1) is 0 Å². The van der Waals surface area contributed by atoms with E-state index in [2.05, 4.69) is 0 Å². The van der Waals surface area contributed by atoms with Gasteiger partial charge in [0, 0.05) is 30.8 Å². The summed E-state index contributed by atoms with van der Waals surface area (Å²) in [5.74, 6) is -0.0900. The number of rotatable bonds is 3. The molecule has 1 aliphatic heterocycles. The molecule has 0 unspecified atom stereocenters. The second-order valence-electron chi connectivity index (χ2n) is 4.80. The summed E-state index contributed by atoms with van der Waals surface area (Å²) in [5.41, 5.74) is 5.92. The number of nitrogens with zero attached hydrogens (tertiary/aromatic N) is 2. The van der Waals surface area contributed by atoms with E-state index in [1.807, 2.05) is 0 Å². The maximum atomic E-state index is 12.3. The lowest BCUT2D eigenvalue weighted by molar-refractivity contribution is -0.385. The Labute approximate surface area is 116 Å². The van der Waals surface area contributed by atoms with Gasteiger partial charge in [-0.3, -0.25) is 14.9 Å². The molecule has 108 valence electrons. The summed E-state index contributed by atoms with van der Waals surface area (Å²) in [7, 11) is 1.35. The van der Waals surface area contributed by atoms with E-state index in [1.165, 1.54) is 25.3 Å². The lowest BCUT2D eigenvalue weighted by Crippen LogP contribution is -2.45. The minimum absolute atomic E-state index is 0.0269. The van der Waals surface area contributed by atoms with Crippen molar-refractivity contribution in [2.45, 2.75) is 18.9 Å². The first-order valence-electron chi connectivity index (χ1n) is 6.40. The largest absolute Gasteiger partial charge is 0.490 e. The normalized spacial score (nSPS) is 18.7. The van der Waals surface area contributed by atoms with Gasteiger partial charge in [0.2, 0.25) is 0 Å². The van der Waals surface area contributed by atoms with Crippen LogP contribution in [0.3, 0.4) is 0 Å². The molecule has 1 atom stereocenters. The minimum Gasteiger partial charge on any atom is -0.490 e. The van der Waals surface area contributed by atoms with Gasteiger partial charge in [-0.2, -0.15) is 0 Å². The number of hydrogen-bond acceptors (Lipinski definition) is 5. The fraction of sp³-hybridized carbons (Fsp3) is 0.462. The number of hydrogen-bond donors (Lipinski definition) is 1. The zero-order valence-electron chi connectivity index (χ0n) is 11.2. The van der Waals surface area contributed by atoms with Crippen LogP contribution >= 0.6 is 0 Å². The predicted molar refractivity (Wildman–Crippen MR) is 72.8 cm³/mol. The fourth-order valence-electron chi connectivity index (χ4n) is 2.34. The van der Waals surface area contributed by atoms with Crippen molar-refractivity contribution in [2.24, 2.45) is 5.73 Å². The van der Waals surface area contributed by atoms with Gasteiger partial charge in [-0.1, -0.05) is 0 Å². The summed E-state index contributed by atoms with van der Waals surface area (Å²) in [6, 6.07) is 4.20. The third-order valence-corrected chi connectivity index (χ3v) is 3.37. The maximum Gasteiger partial charge on any atom is 0.311 e. The van der Waals surface area contributed by atoms with Crippen LogP contribution in [0.15, 0.2) is 18.2 Å². The van der Waals surface area contributed by atoms with Crippen molar-refractivity contribution < 1.29 is 14.5 Å². The molecule has 1 heterocycles. The molecular weight excluding hydrogens is 262 g/mol. The number of carbonyl (C=O) groups excluding carboxylic acids is 1. The molecule has 0 bridgehead atoms. The van der Waals surface area contributed by atoms with Crippen molar-refractivity contribution in [3.8, 4) is 5.75 Å². The lowest BCUT2D eigenvalue weighted by Gasteiger charge is -2.30. The molecule has 0 aromatic heterocycles. The zero-order valence-corrected chi connectivity index (χ0v) is 11.2. The van der Waals surface area contributed by atoms with E-state index < -0.39 is 4.92 Å². The van der Waals surface area contributed by atoms with Crippen LogP contribution in [0.1, 0.15) is 23.2 Å². The number of piperidine rings is 1. The molecule has 0 aliphatic carbocycles. The summed E-state index contributed by atoms with van der Waals surface area (Å²) >= 11 is 0. The number of nitro benzene ring substituents is 1. The molecule has 1 aliphatic rings. The van der Waals surface area contributed by atoms with Gasteiger partial charge in [0.25, 0.3) is 5.91 Å². The number of ether oxygens (including phenoxy) is 1. The summed E-state index contributed by atoms with van der Waals surface area (Å²) in [4.78, 5) is 24.4. The highest BCUT2D eigenvalue weighted by atomic mass is 16.6. The van der Waals surface area contributed by atoms with E-state index in [9.17, 15) is 14.9 Å². The molecule has 0 spiro atoms. The van der Waals surface area contributed by atoms with E-state index in [0.29, 0.717) is 13.1 Å². The number of likely N-dealkylation sites (tertiary alicyclic amines) is 1. The second-order valence-corrected chi connectivity index (χ2v) is 4.80. The number of methoxy groups -OCH3 is 1. The van der Waals surface area contributed by atoms with Crippen LogP contribution in [-0.2, 0) is 0 Å². The summed E-state index contributed by atoms with van der Waals surface area (Å²) in [6.45, 7) is 1.12. The molecule has 2 rings (SSSR count).